The molecule has 2 aliphatic rings. The van der Waals surface area contributed by atoms with Gasteiger partial charge in [0.1, 0.15) is 5.72 Å². The van der Waals surface area contributed by atoms with Gasteiger partial charge in [-0.25, -0.2) is 0 Å². The summed E-state index contributed by atoms with van der Waals surface area (Å²) in [7, 11) is 0. The zero-order valence-corrected chi connectivity index (χ0v) is 11.0. The third kappa shape index (κ3) is 2.86. The largest absolute Gasteiger partial charge is 0.359 e. The van der Waals surface area contributed by atoms with E-state index in [0.717, 1.165) is 12.5 Å². The molecule has 3 heteroatoms. The fraction of sp³-hybridized carbons (Fsp3) is 1.00. The molecule has 0 radical (unpaired) electrons. The van der Waals surface area contributed by atoms with Gasteiger partial charge in [-0.05, 0) is 33.6 Å². The number of halogens is 1. The standard InChI is InChI=1S/C12H23NO.ClH/c1-11(2)9-14-12(3,13-11)10-7-5-4-6-8-10;/h10,13H,4-9H2,1-3H3;1H. The van der Waals surface area contributed by atoms with Gasteiger partial charge in [0, 0.05) is 11.5 Å². The zero-order valence-electron chi connectivity index (χ0n) is 10.1. The van der Waals surface area contributed by atoms with Gasteiger partial charge in [0.05, 0.1) is 6.61 Å². The minimum atomic E-state index is -0.0517. The number of hydrogen-bond acceptors (Lipinski definition) is 2. The van der Waals surface area contributed by atoms with E-state index in [1.54, 1.807) is 0 Å². The molecule has 1 N–H and O–H groups in total. The maximum absolute atomic E-state index is 5.98. The lowest BCUT2D eigenvalue weighted by Gasteiger charge is -2.37. The quantitative estimate of drug-likeness (QED) is 0.752. The van der Waals surface area contributed by atoms with E-state index in [1.807, 2.05) is 0 Å². The van der Waals surface area contributed by atoms with Crippen LogP contribution in [0.2, 0.25) is 0 Å². The van der Waals surface area contributed by atoms with Gasteiger partial charge >= 0.3 is 0 Å². The van der Waals surface area contributed by atoms with Crippen LogP contribution in [0, 0.1) is 5.92 Å². The molecule has 0 aromatic carbocycles. The highest BCUT2D eigenvalue weighted by atomic mass is 35.5. The Labute approximate surface area is 99.6 Å². The summed E-state index contributed by atoms with van der Waals surface area (Å²) in [6, 6.07) is 0. The Morgan fingerprint density at radius 1 is 1.07 bits per heavy atom. The highest BCUT2D eigenvalue weighted by Gasteiger charge is 2.45. The van der Waals surface area contributed by atoms with Crippen molar-refractivity contribution in [1.29, 1.82) is 0 Å². The Kier molecular flexibility index (Phi) is 4.07. The van der Waals surface area contributed by atoms with E-state index in [4.69, 9.17) is 4.74 Å². The monoisotopic (exact) mass is 233 g/mol. The van der Waals surface area contributed by atoms with E-state index in [2.05, 4.69) is 26.1 Å². The molecule has 1 aliphatic carbocycles. The number of hydrogen-bond donors (Lipinski definition) is 1. The predicted molar refractivity (Wildman–Crippen MR) is 65.4 cm³/mol. The minimum absolute atomic E-state index is 0. The molecule has 1 unspecified atom stereocenters. The van der Waals surface area contributed by atoms with E-state index >= 15 is 0 Å². The smallest absolute Gasteiger partial charge is 0.119 e. The summed E-state index contributed by atoms with van der Waals surface area (Å²) in [6.45, 7) is 7.53. The average molecular weight is 234 g/mol. The van der Waals surface area contributed by atoms with E-state index in [1.165, 1.54) is 32.1 Å². The Morgan fingerprint density at radius 2 is 1.67 bits per heavy atom. The van der Waals surface area contributed by atoms with Crippen LogP contribution in [-0.2, 0) is 4.74 Å². The lowest BCUT2D eigenvalue weighted by atomic mass is 9.82. The lowest BCUT2D eigenvalue weighted by Crippen LogP contribution is -2.51. The summed E-state index contributed by atoms with van der Waals surface area (Å²) in [4.78, 5) is 0. The summed E-state index contributed by atoms with van der Waals surface area (Å²) < 4.78 is 5.98. The second kappa shape index (κ2) is 4.60. The van der Waals surface area contributed by atoms with Crippen molar-refractivity contribution in [2.45, 2.75) is 64.1 Å². The molecule has 1 saturated carbocycles. The van der Waals surface area contributed by atoms with Crippen LogP contribution in [0.1, 0.15) is 52.9 Å². The molecule has 1 aliphatic heterocycles. The van der Waals surface area contributed by atoms with Crippen molar-refractivity contribution in [2.24, 2.45) is 5.92 Å². The highest BCUT2D eigenvalue weighted by Crippen LogP contribution is 2.37. The Hall–Kier alpha value is 0.210. The topological polar surface area (TPSA) is 21.3 Å². The molecule has 1 atom stereocenters. The van der Waals surface area contributed by atoms with Crippen molar-refractivity contribution in [3.8, 4) is 0 Å². The fourth-order valence-electron chi connectivity index (χ4n) is 2.95. The molecule has 1 saturated heterocycles. The summed E-state index contributed by atoms with van der Waals surface area (Å²) in [6.07, 6.45) is 6.84. The molecular weight excluding hydrogens is 210 g/mol. The van der Waals surface area contributed by atoms with Gasteiger partial charge in [-0.15, -0.1) is 12.4 Å². The Morgan fingerprint density at radius 3 is 2.13 bits per heavy atom. The van der Waals surface area contributed by atoms with Crippen molar-refractivity contribution in [1.82, 2.24) is 5.32 Å². The summed E-state index contributed by atoms with van der Waals surface area (Å²) in [5, 5.41) is 3.65. The van der Waals surface area contributed by atoms with Gasteiger partial charge < -0.3 is 4.74 Å². The van der Waals surface area contributed by atoms with E-state index in [-0.39, 0.29) is 23.7 Å². The third-order valence-corrected chi connectivity index (χ3v) is 3.70. The molecule has 0 amide bonds. The molecule has 0 spiro atoms. The molecule has 0 aromatic heterocycles. The van der Waals surface area contributed by atoms with Crippen LogP contribution in [-0.4, -0.2) is 17.9 Å². The first-order chi connectivity index (χ1) is 6.52. The van der Waals surface area contributed by atoms with Gasteiger partial charge in [0.2, 0.25) is 0 Å². The van der Waals surface area contributed by atoms with Crippen LogP contribution >= 0.6 is 12.4 Å². The fourth-order valence-corrected chi connectivity index (χ4v) is 2.95. The second-order valence-electron chi connectivity index (χ2n) is 5.74. The Bertz CT molecular complexity index is 214. The summed E-state index contributed by atoms with van der Waals surface area (Å²) in [5.74, 6) is 0.720. The van der Waals surface area contributed by atoms with Gasteiger partial charge in [-0.3, -0.25) is 5.32 Å². The van der Waals surface area contributed by atoms with Crippen LogP contribution < -0.4 is 5.32 Å². The van der Waals surface area contributed by atoms with Crippen molar-refractivity contribution in [3.63, 3.8) is 0 Å². The molecule has 2 rings (SSSR count). The first kappa shape index (κ1) is 13.3. The van der Waals surface area contributed by atoms with Gasteiger partial charge in [0.15, 0.2) is 0 Å². The molecule has 1 heterocycles. The maximum Gasteiger partial charge on any atom is 0.119 e. The molecule has 15 heavy (non-hydrogen) atoms. The van der Waals surface area contributed by atoms with Crippen molar-refractivity contribution in [2.75, 3.05) is 6.61 Å². The molecular formula is C12H24ClNO. The van der Waals surface area contributed by atoms with Crippen molar-refractivity contribution < 1.29 is 4.74 Å². The minimum Gasteiger partial charge on any atom is -0.359 e. The lowest BCUT2D eigenvalue weighted by molar-refractivity contribution is -0.0545. The number of rotatable bonds is 1. The van der Waals surface area contributed by atoms with E-state index < -0.39 is 0 Å². The van der Waals surface area contributed by atoms with Gasteiger partial charge in [0.25, 0.3) is 0 Å². The van der Waals surface area contributed by atoms with Crippen LogP contribution in [0.5, 0.6) is 0 Å². The summed E-state index contributed by atoms with van der Waals surface area (Å²) in [5.41, 5.74) is 0.107. The van der Waals surface area contributed by atoms with Crippen LogP contribution in [0.4, 0.5) is 0 Å². The van der Waals surface area contributed by atoms with E-state index in [0.29, 0.717) is 0 Å². The molecule has 2 nitrogen and oxygen atoms in total. The van der Waals surface area contributed by atoms with Gasteiger partial charge in [-0.1, -0.05) is 19.3 Å². The summed E-state index contributed by atoms with van der Waals surface area (Å²) >= 11 is 0. The molecule has 90 valence electrons. The van der Waals surface area contributed by atoms with Crippen molar-refractivity contribution >= 4 is 12.4 Å². The Balaban J connectivity index is 0.00000112. The van der Waals surface area contributed by atoms with Crippen LogP contribution in [0.15, 0.2) is 0 Å². The maximum atomic E-state index is 5.98. The zero-order chi connectivity index (χ0) is 10.2. The second-order valence-corrected chi connectivity index (χ2v) is 5.74. The number of ether oxygens (including phenoxy) is 1. The first-order valence-electron chi connectivity index (χ1n) is 5.95. The first-order valence-corrected chi connectivity index (χ1v) is 5.95. The van der Waals surface area contributed by atoms with Gasteiger partial charge in [-0.2, -0.15) is 0 Å². The number of nitrogens with one attached hydrogen (secondary N) is 1. The van der Waals surface area contributed by atoms with Crippen LogP contribution in [0.3, 0.4) is 0 Å². The van der Waals surface area contributed by atoms with Crippen LogP contribution in [0.25, 0.3) is 0 Å². The highest BCUT2D eigenvalue weighted by molar-refractivity contribution is 5.85. The predicted octanol–water partition coefficient (Wildman–Crippen LogP) is 3.10. The molecule has 0 bridgehead atoms. The molecule has 0 aromatic rings. The molecule has 2 fully saturated rings. The normalized spacial score (nSPS) is 36.2. The SMILES string of the molecule is CC1(C)COC(C)(C2CCCCC2)N1.Cl. The average Bonchev–Trinajstić information content (AvgIpc) is 2.44. The van der Waals surface area contributed by atoms with Crippen molar-refractivity contribution in [3.05, 3.63) is 0 Å². The third-order valence-electron chi connectivity index (χ3n) is 3.70. The van der Waals surface area contributed by atoms with E-state index in [9.17, 15) is 0 Å².